The van der Waals surface area contributed by atoms with Crippen molar-refractivity contribution in [3.63, 3.8) is 0 Å². The van der Waals surface area contributed by atoms with Crippen molar-refractivity contribution in [2.75, 3.05) is 18.5 Å². The fourth-order valence-corrected chi connectivity index (χ4v) is 5.31. The molecule has 1 fully saturated rings. The summed E-state index contributed by atoms with van der Waals surface area (Å²) in [6.07, 6.45) is 9.87. The number of fused-ring (bicyclic) bond motifs is 1. The molecule has 190 valence electrons. The Balaban J connectivity index is 1.69. The number of carbonyl (C=O) groups is 1. The molecule has 1 aromatic carbocycles. The van der Waals surface area contributed by atoms with E-state index < -0.39 is 6.04 Å². The topological polar surface area (TPSA) is 87.5 Å². The number of aromatic nitrogens is 3. The van der Waals surface area contributed by atoms with E-state index in [0.717, 1.165) is 55.0 Å². The lowest BCUT2D eigenvalue weighted by atomic mass is 9.94. The van der Waals surface area contributed by atoms with E-state index in [9.17, 15) is 4.79 Å². The molecular formula is C26H35BrN4O4. The zero-order chi connectivity index (χ0) is 24.8. The van der Waals surface area contributed by atoms with Crippen LogP contribution in [-0.4, -0.2) is 40.1 Å². The molecule has 2 aromatic rings. The summed E-state index contributed by atoms with van der Waals surface area (Å²) in [6.45, 7) is 7.10. The second kappa shape index (κ2) is 11.9. The van der Waals surface area contributed by atoms with Gasteiger partial charge in [0.25, 0.3) is 0 Å². The van der Waals surface area contributed by atoms with Gasteiger partial charge in [-0.3, -0.25) is 0 Å². The second-order valence-corrected chi connectivity index (χ2v) is 9.93. The Labute approximate surface area is 215 Å². The number of allylic oxidation sites excluding steroid dienone is 1. The Morgan fingerprint density at radius 1 is 1.17 bits per heavy atom. The molecule has 9 heteroatoms. The van der Waals surface area contributed by atoms with Crippen LogP contribution in [0.3, 0.4) is 0 Å². The third-order valence-corrected chi connectivity index (χ3v) is 7.07. The quantitative estimate of drug-likeness (QED) is 0.281. The molecular weight excluding hydrogens is 512 g/mol. The lowest BCUT2D eigenvalue weighted by Gasteiger charge is -2.30. The van der Waals surface area contributed by atoms with Crippen molar-refractivity contribution >= 4 is 27.8 Å². The molecule has 1 unspecified atom stereocenters. The van der Waals surface area contributed by atoms with Gasteiger partial charge >= 0.3 is 5.97 Å². The Kier molecular flexibility index (Phi) is 8.70. The van der Waals surface area contributed by atoms with Gasteiger partial charge in [-0.1, -0.05) is 26.2 Å². The van der Waals surface area contributed by atoms with Crippen LogP contribution < -0.4 is 14.8 Å². The number of ether oxygens (including phenoxy) is 3. The molecule has 1 aromatic heterocycles. The van der Waals surface area contributed by atoms with Gasteiger partial charge in [0.15, 0.2) is 11.5 Å². The summed E-state index contributed by atoms with van der Waals surface area (Å²) in [4.78, 5) is 17.8. The van der Waals surface area contributed by atoms with Crippen molar-refractivity contribution in [1.82, 2.24) is 14.8 Å². The molecule has 1 atom stereocenters. The minimum absolute atomic E-state index is 0.0426. The Morgan fingerprint density at radius 2 is 1.97 bits per heavy atom. The number of benzene rings is 1. The van der Waals surface area contributed by atoms with Crippen LogP contribution in [0.4, 0.5) is 5.95 Å². The number of hydrogen-bond acceptors (Lipinski definition) is 7. The highest BCUT2D eigenvalue weighted by molar-refractivity contribution is 9.10. The molecule has 35 heavy (non-hydrogen) atoms. The lowest BCUT2D eigenvalue weighted by molar-refractivity contribution is -0.146. The highest BCUT2D eigenvalue weighted by Gasteiger charge is 2.36. The molecule has 2 aliphatic rings. The lowest BCUT2D eigenvalue weighted by Crippen LogP contribution is -2.32. The largest absolute Gasteiger partial charge is 0.490 e. The highest BCUT2D eigenvalue weighted by atomic mass is 79.9. The number of rotatable bonds is 10. The number of anilines is 1. The number of nitrogens with zero attached hydrogens (tertiary/aromatic N) is 3. The van der Waals surface area contributed by atoms with E-state index in [2.05, 4.69) is 38.3 Å². The van der Waals surface area contributed by atoms with Gasteiger partial charge in [0.2, 0.25) is 5.95 Å². The van der Waals surface area contributed by atoms with Crippen LogP contribution in [0.5, 0.6) is 11.5 Å². The van der Waals surface area contributed by atoms with Crippen LogP contribution in [0.2, 0.25) is 0 Å². The van der Waals surface area contributed by atoms with Gasteiger partial charge in [-0.2, -0.15) is 10.1 Å². The summed E-state index contributed by atoms with van der Waals surface area (Å²) >= 11 is 3.69. The number of hydrogen-bond donors (Lipinski definition) is 1. The number of nitrogens with one attached hydrogen (secondary N) is 1. The minimum Gasteiger partial charge on any atom is -0.490 e. The summed E-state index contributed by atoms with van der Waals surface area (Å²) in [7, 11) is 0. The average Bonchev–Trinajstić information content (AvgIpc) is 3.30. The van der Waals surface area contributed by atoms with E-state index in [-0.39, 0.29) is 12.1 Å². The predicted octanol–water partition coefficient (Wildman–Crippen LogP) is 6.17. The molecule has 2 heterocycles. The third-order valence-electron chi connectivity index (χ3n) is 6.48. The van der Waals surface area contributed by atoms with Crippen molar-refractivity contribution in [3.05, 3.63) is 39.8 Å². The third kappa shape index (κ3) is 5.82. The van der Waals surface area contributed by atoms with E-state index in [0.29, 0.717) is 41.9 Å². The predicted molar refractivity (Wildman–Crippen MR) is 138 cm³/mol. The van der Waals surface area contributed by atoms with Gasteiger partial charge in [-0.15, -0.1) is 0 Å². The molecule has 1 aliphatic heterocycles. The number of unbranched alkanes of at least 4 members (excludes halogenated alkanes) is 2. The van der Waals surface area contributed by atoms with E-state index >= 15 is 0 Å². The molecule has 1 N–H and O–H groups in total. The van der Waals surface area contributed by atoms with Crippen molar-refractivity contribution in [3.8, 4) is 11.5 Å². The molecule has 1 saturated carbocycles. The zero-order valence-electron chi connectivity index (χ0n) is 20.8. The van der Waals surface area contributed by atoms with Crippen LogP contribution >= 0.6 is 15.9 Å². The summed E-state index contributed by atoms with van der Waals surface area (Å²) in [6, 6.07) is 3.40. The normalized spacial score (nSPS) is 18.1. The average molecular weight is 547 g/mol. The van der Waals surface area contributed by atoms with Crippen molar-refractivity contribution in [2.45, 2.75) is 84.3 Å². The first-order chi connectivity index (χ1) is 17.0. The van der Waals surface area contributed by atoms with E-state index in [1.165, 1.54) is 12.7 Å². The number of esters is 1. The molecule has 8 nitrogen and oxygen atoms in total. The first kappa shape index (κ1) is 25.5. The van der Waals surface area contributed by atoms with E-state index in [1.807, 2.05) is 26.0 Å². The standard InChI is InChI=1S/C26H35BrN4O4/c1-4-6-10-13-34-24-20(27)14-18(15-21(24)33-5-2)23-22(17(3)30-26-28-16-29-31(23)26)25(32)35-19-11-8-7-9-12-19/h14-16,19,23H,4-13H2,1-3H3,(H,28,29,30). The molecule has 0 bridgehead atoms. The highest BCUT2D eigenvalue weighted by Crippen LogP contribution is 2.43. The fourth-order valence-electron chi connectivity index (χ4n) is 4.74. The molecule has 4 rings (SSSR count). The Hall–Kier alpha value is -2.55. The fraction of sp³-hybridized carbons (Fsp3) is 0.577. The van der Waals surface area contributed by atoms with E-state index in [4.69, 9.17) is 14.2 Å². The monoisotopic (exact) mass is 546 g/mol. The Bertz CT molecular complexity index is 1060. The van der Waals surface area contributed by atoms with Crippen LogP contribution in [0.25, 0.3) is 0 Å². The van der Waals surface area contributed by atoms with Gasteiger partial charge in [0, 0.05) is 5.70 Å². The van der Waals surface area contributed by atoms with Crippen molar-refractivity contribution in [1.29, 1.82) is 0 Å². The van der Waals surface area contributed by atoms with Crippen molar-refractivity contribution in [2.24, 2.45) is 0 Å². The first-order valence-corrected chi connectivity index (χ1v) is 13.5. The van der Waals surface area contributed by atoms with Crippen LogP contribution in [0, 0.1) is 0 Å². The van der Waals surface area contributed by atoms with Gasteiger partial charge < -0.3 is 19.5 Å². The Morgan fingerprint density at radius 3 is 2.71 bits per heavy atom. The summed E-state index contributed by atoms with van der Waals surface area (Å²) < 4.78 is 20.5. The minimum atomic E-state index is -0.505. The number of halogens is 1. The maximum absolute atomic E-state index is 13.5. The second-order valence-electron chi connectivity index (χ2n) is 9.08. The van der Waals surface area contributed by atoms with Gasteiger partial charge in [0.05, 0.1) is 23.3 Å². The summed E-state index contributed by atoms with van der Waals surface area (Å²) in [5.41, 5.74) is 2.08. The molecule has 1 aliphatic carbocycles. The summed E-state index contributed by atoms with van der Waals surface area (Å²) in [5, 5.41) is 7.65. The maximum atomic E-state index is 13.5. The molecule has 0 spiro atoms. The SMILES string of the molecule is CCCCCOc1c(Br)cc(C2C(C(=O)OC3CCCCC3)=C(C)Nc3ncnn32)cc1OCC. The van der Waals surface area contributed by atoms with Crippen LogP contribution in [-0.2, 0) is 9.53 Å². The van der Waals surface area contributed by atoms with Gasteiger partial charge in [-0.05, 0) is 79.6 Å². The van der Waals surface area contributed by atoms with Crippen LogP contribution in [0.1, 0.15) is 83.7 Å². The molecule has 0 amide bonds. The molecule has 0 saturated heterocycles. The zero-order valence-corrected chi connectivity index (χ0v) is 22.4. The summed E-state index contributed by atoms with van der Waals surface area (Å²) in [5.74, 6) is 1.57. The maximum Gasteiger partial charge on any atom is 0.338 e. The smallest absolute Gasteiger partial charge is 0.338 e. The van der Waals surface area contributed by atoms with Gasteiger partial charge in [0.1, 0.15) is 18.5 Å². The van der Waals surface area contributed by atoms with Crippen LogP contribution in [0.15, 0.2) is 34.2 Å². The molecule has 0 radical (unpaired) electrons. The number of carbonyl (C=O) groups excluding carboxylic acids is 1. The van der Waals surface area contributed by atoms with Crippen molar-refractivity contribution < 1.29 is 19.0 Å². The van der Waals surface area contributed by atoms with E-state index in [1.54, 1.807) is 4.68 Å². The van der Waals surface area contributed by atoms with Gasteiger partial charge in [-0.25, -0.2) is 9.48 Å². The first-order valence-electron chi connectivity index (χ1n) is 12.7.